The normalized spacial score (nSPS) is 11.1. The summed E-state index contributed by atoms with van der Waals surface area (Å²) in [6.07, 6.45) is 1.95. The molecular formula is C15H16BrN5O2S. The maximum Gasteiger partial charge on any atom is 0.343 e. The van der Waals surface area contributed by atoms with Gasteiger partial charge in [-0.2, -0.15) is 0 Å². The quantitative estimate of drug-likeness (QED) is 0.600. The van der Waals surface area contributed by atoms with Crippen LogP contribution >= 0.6 is 27.7 Å². The van der Waals surface area contributed by atoms with E-state index in [1.54, 1.807) is 4.57 Å². The lowest BCUT2D eigenvalue weighted by molar-refractivity contribution is 0.527. The molecule has 0 saturated heterocycles. The number of aromatic amines is 1. The van der Waals surface area contributed by atoms with Crippen molar-refractivity contribution < 1.29 is 4.42 Å². The van der Waals surface area contributed by atoms with Crippen LogP contribution < -0.4 is 5.69 Å². The van der Waals surface area contributed by atoms with Crippen molar-refractivity contribution in [3.8, 4) is 11.5 Å². The monoisotopic (exact) mass is 409 g/mol. The van der Waals surface area contributed by atoms with Gasteiger partial charge in [0.15, 0.2) is 5.16 Å². The van der Waals surface area contributed by atoms with E-state index in [4.69, 9.17) is 4.42 Å². The largest absolute Gasteiger partial charge is 0.420 e. The van der Waals surface area contributed by atoms with Crippen molar-refractivity contribution in [3.63, 3.8) is 0 Å². The molecule has 0 aliphatic carbocycles. The Balaban J connectivity index is 1.68. The van der Waals surface area contributed by atoms with E-state index in [1.807, 2.05) is 24.3 Å². The van der Waals surface area contributed by atoms with Gasteiger partial charge in [-0.25, -0.2) is 9.89 Å². The van der Waals surface area contributed by atoms with Crippen LogP contribution in [0.5, 0.6) is 0 Å². The lowest BCUT2D eigenvalue weighted by Crippen LogP contribution is -2.17. The van der Waals surface area contributed by atoms with Gasteiger partial charge in [0.2, 0.25) is 11.8 Å². The standard InChI is InChI=1S/C15H16BrN5O2S/c1-2-3-8-21-14(22)19-20-15(21)24-9-12-17-18-13(23-12)10-4-6-11(16)7-5-10/h4-7H,2-3,8-9H2,1H3,(H,19,22). The van der Waals surface area contributed by atoms with Gasteiger partial charge in [0.25, 0.3) is 0 Å². The van der Waals surface area contributed by atoms with Gasteiger partial charge in [-0.05, 0) is 30.7 Å². The van der Waals surface area contributed by atoms with E-state index in [2.05, 4.69) is 43.2 Å². The number of aromatic nitrogens is 5. The number of H-pyrrole nitrogens is 1. The Kier molecular flexibility index (Phi) is 5.52. The molecule has 24 heavy (non-hydrogen) atoms. The highest BCUT2D eigenvalue weighted by molar-refractivity contribution is 9.10. The van der Waals surface area contributed by atoms with Crippen LogP contribution in [0.2, 0.25) is 0 Å². The molecule has 7 nitrogen and oxygen atoms in total. The zero-order chi connectivity index (χ0) is 16.9. The highest BCUT2D eigenvalue weighted by Gasteiger charge is 2.12. The second kappa shape index (κ2) is 7.80. The summed E-state index contributed by atoms with van der Waals surface area (Å²) in [6.45, 7) is 2.74. The van der Waals surface area contributed by atoms with Crippen LogP contribution in [0.4, 0.5) is 0 Å². The third-order valence-electron chi connectivity index (χ3n) is 3.34. The molecule has 3 aromatic rings. The summed E-state index contributed by atoms with van der Waals surface area (Å²) in [4.78, 5) is 11.8. The molecule has 0 amide bonds. The molecule has 1 N–H and O–H groups in total. The van der Waals surface area contributed by atoms with Crippen LogP contribution in [0.3, 0.4) is 0 Å². The van der Waals surface area contributed by atoms with E-state index in [0.717, 1.165) is 22.9 Å². The summed E-state index contributed by atoms with van der Waals surface area (Å²) in [5.74, 6) is 1.43. The Morgan fingerprint density at radius 1 is 1.29 bits per heavy atom. The zero-order valence-electron chi connectivity index (χ0n) is 13.0. The maximum atomic E-state index is 11.8. The lowest BCUT2D eigenvalue weighted by atomic mass is 10.2. The van der Waals surface area contributed by atoms with Gasteiger partial charge in [-0.3, -0.25) is 4.57 Å². The van der Waals surface area contributed by atoms with Crippen LogP contribution in [0.15, 0.2) is 43.1 Å². The minimum absolute atomic E-state index is 0.188. The minimum atomic E-state index is -0.188. The predicted octanol–water partition coefficient (Wildman–Crippen LogP) is 3.48. The van der Waals surface area contributed by atoms with Crippen molar-refractivity contribution in [1.82, 2.24) is 25.0 Å². The summed E-state index contributed by atoms with van der Waals surface area (Å²) in [5.41, 5.74) is 0.675. The molecule has 3 rings (SSSR count). The number of hydrogen-bond donors (Lipinski definition) is 1. The van der Waals surface area contributed by atoms with Gasteiger partial charge < -0.3 is 4.42 Å². The van der Waals surface area contributed by atoms with Gasteiger partial charge in [-0.1, -0.05) is 41.0 Å². The molecule has 0 atom stereocenters. The van der Waals surface area contributed by atoms with Crippen molar-refractivity contribution in [1.29, 1.82) is 0 Å². The number of rotatable bonds is 7. The minimum Gasteiger partial charge on any atom is -0.420 e. The first-order chi connectivity index (χ1) is 11.7. The molecule has 0 spiro atoms. The average Bonchev–Trinajstić information content (AvgIpc) is 3.19. The third kappa shape index (κ3) is 3.96. The van der Waals surface area contributed by atoms with Gasteiger partial charge in [0, 0.05) is 16.6 Å². The van der Waals surface area contributed by atoms with E-state index in [9.17, 15) is 4.79 Å². The van der Waals surface area contributed by atoms with E-state index >= 15 is 0 Å². The first kappa shape index (κ1) is 17.0. The van der Waals surface area contributed by atoms with E-state index < -0.39 is 0 Å². The van der Waals surface area contributed by atoms with E-state index in [0.29, 0.717) is 29.2 Å². The summed E-state index contributed by atoms with van der Waals surface area (Å²) < 4.78 is 8.31. The van der Waals surface area contributed by atoms with Crippen molar-refractivity contribution in [2.45, 2.75) is 37.2 Å². The Morgan fingerprint density at radius 2 is 2.08 bits per heavy atom. The van der Waals surface area contributed by atoms with Crippen LogP contribution in [-0.4, -0.2) is 25.0 Å². The molecule has 1 aromatic carbocycles. The molecule has 126 valence electrons. The molecule has 0 radical (unpaired) electrons. The number of hydrogen-bond acceptors (Lipinski definition) is 6. The second-order valence-corrected chi connectivity index (χ2v) is 6.97. The van der Waals surface area contributed by atoms with Crippen LogP contribution in [-0.2, 0) is 12.3 Å². The molecule has 0 saturated carbocycles. The summed E-state index contributed by atoms with van der Waals surface area (Å²) in [5, 5.41) is 15.3. The number of nitrogens with one attached hydrogen (secondary N) is 1. The fraction of sp³-hybridized carbons (Fsp3) is 0.333. The molecule has 0 unspecified atom stereocenters. The number of halogens is 1. The molecular weight excluding hydrogens is 394 g/mol. The lowest BCUT2D eigenvalue weighted by Gasteiger charge is -2.02. The van der Waals surface area contributed by atoms with Gasteiger partial charge >= 0.3 is 5.69 Å². The van der Waals surface area contributed by atoms with Gasteiger partial charge in [0.1, 0.15) is 0 Å². The van der Waals surface area contributed by atoms with E-state index in [1.165, 1.54) is 11.8 Å². The van der Waals surface area contributed by atoms with Crippen LogP contribution in [0.1, 0.15) is 25.7 Å². The molecule has 0 fully saturated rings. The number of thioether (sulfide) groups is 1. The molecule has 0 bridgehead atoms. The number of unbranched alkanes of at least 4 members (excludes halogenated alkanes) is 1. The predicted molar refractivity (Wildman–Crippen MR) is 94.8 cm³/mol. The van der Waals surface area contributed by atoms with Crippen molar-refractivity contribution in [2.24, 2.45) is 0 Å². The number of nitrogens with zero attached hydrogens (tertiary/aromatic N) is 4. The van der Waals surface area contributed by atoms with Gasteiger partial charge in [0.05, 0.1) is 5.75 Å². The maximum absolute atomic E-state index is 11.8. The molecule has 2 aromatic heterocycles. The molecule has 0 aliphatic heterocycles. The smallest absolute Gasteiger partial charge is 0.343 e. The highest BCUT2D eigenvalue weighted by atomic mass is 79.9. The van der Waals surface area contributed by atoms with Crippen molar-refractivity contribution in [3.05, 3.63) is 45.1 Å². The van der Waals surface area contributed by atoms with E-state index in [-0.39, 0.29) is 5.69 Å². The highest BCUT2D eigenvalue weighted by Crippen LogP contribution is 2.24. The summed E-state index contributed by atoms with van der Waals surface area (Å²) in [7, 11) is 0. The van der Waals surface area contributed by atoms with Gasteiger partial charge in [-0.15, -0.1) is 15.3 Å². The fourth-order valence-corrected chi connectivity index (χ4v) is 3.15. The second-order valence-electron chi connectivity index (χ2n) is 5.11. The Morgan fingerprint density at radius 3 is 2.83 bits per heavy atom. The topological polar surface area (TPSA) is 89.6 Å². The SMILES string of the molecule is CCCCn1c(SCc2nnc(-c3ccc(Br)cc3)o2)n[nH]c1=O. The fourth-order valence-electron chi connectivity index (χ4n) is 2.07. The van der Waals surface area contributed by atoms with Crippen molar-refractivity contribution in [2.75, 3.05) is 0 Å². The molecule has 0 aliphatic rings. The molecule has 2 heterocycles. The average molecular weight is 410 g/mol. The van der Waals surface area contributed by atoms with Crippen LogP contribution in [0, 0.1) is 0 Å². The van der Waals surface area contributed by atoms with Crippen LogP contribution in [0.25, 0.3) is 11.5 Å². The Labute approximate surface area is 151 Å². The first-order valence-electron chi connectivity index (χ1n) is 7.53. The Bertz CT molecular complexity index is 855. The third-order valence-corrected chi connectivity index (χ3v) is 4.83. The van der Waals surface area contributed by atoms with Crippen molar-refractivity contribution >= 4 is 27.7 Å². The number of benzene rings is 1. The summed E-state index contributed by atoms with van der Waals surface area (Å²) in [6, 6.07) is 7.66. The molecule has 9 heteroatoms. The first-order valence-corrected chi connectivity index (χ1v) is 9.31. The zero-order valence-corrected chi connectivity index (χ0v) is 15.4. The Hall–Kier alpha value is -1.87. The summed E-state index contributed by atoms with van der Waals surface area (Å²) >= 11 is 4.79.